The number of ether oxygens (including phenoxy) is 3. The Hall–Kier alpha value is -3.22. The second-order valence-electron chi connectivity index (χ2n) is 10.3. The van der Waals surface area contributed by atoms with E-state index in [9.17, 15) is 23.1 Å². The number of carbonyl (C=O) groups excluding carboxylic acids is 1. The van der Waals surface area contributed by atoms with E-state index < -0.39 is 42.3 Å². The van der Waals surface area contributed by atoms with Crippen molar-refractivity contribution in [1.29, 1.82) is 0 Å². The molecule has 1 amide bonds. The molecule has 4 heterocycles. The molecular formula is C27H27F4N3O5. The average molecular weight is 550 g/mol. The predicted molar refractivity (Wildman–Crippen MR) is 131 cm³/mol. The molecule has 2 aliphatic heterocycles. The maximum Gasteiger partial charge on any atom is 0.471 e. The van der Waals surface area contributed by atoms with E-state index in [2.05, 4.69) is 15.3 Å². The molecule has 1 aromatic carbocycles. The molecule has 2 saturated heterocycles. The Balaban J connectivity index is 1.11. The second-order valence-corrected chi connectivity index (χ2v) is 10.3. The minimum absolute atomic E-state index is 0.145. The quantitative estimate of drug-likeness (QED) is 0.416. The molecule has 1 saturated carbocycles. The van der Waals surface area contributed by atoms with Gasteiger partial charge >= 0.3 is 12.1 Å². The van der Waals surface area contributed by atoms with Crippen molar-refractivity contribution in [3.8, 4) is 17.1 Å². The summed E-state index contributed by atoms with van der Waals surface area (Å²) in [5, 5.41) is 12.0. The molecule has 12 heteroatoms. The van der Waals surface area contributed by atoms with Gasteiger partial charge in [-0.25, -0.2) is 9.37 Å². The second kappa shape index (κ2) is 10.1. The summed E-state index contributed by atoms with van der Waals surface area (Å²) in [6.07, 6.45) is -4.56. The number of aliphatic hydroxyl groups excluding tert-OH is 1. The fraction of sp³-hybridized carbons (Fsp3) is 0.481. The van der Waals surface area contributed by atoms with Crippen LogP contribution < -0.4 is 10.1 Å². The predicted octanol–water partition coefficient (Wildman–Crippen LogP) is 3.98. The summed E-state index contributed by atoms with van der Waals surface area (Å²) in [6, 6.07) is 9.89. The summed E-state index contributed by atoms with van der Waals surface area (Å²) in [5.74, 6) is -1.86. The van der Waals surface area contributed by atoms with E-state index in [1.807, 2.05) is 12.1 Å². The smallest absolute Gasteiger partial charge is 0.470 e. The van der Waals surface area contributed by atoms with Gasteiger partial charge in [-0.2, -0.15) is 13.2 Å². The standard InChI is InChI=1S/C27H27F4N3O5/c28-17-9-18-19(10-22(33-18)39-21-12-38-24-20(35)11-37-25(21)24)34-23(17)15-3-1-13(2-4-15)14-5-7-16(8-6-14)32-26(36)27(29,30)31/h1-4,9-10,14,16,20-21,24-25,33,35H,5-8,11-12H2,(H,32,36)/t14-,16-,20-,21-,24-,25-/m1/s1. The zero-order chi connectivity index (χ0) is 27.3. The fourth-order valence-electron chi connectivity index (χ4n) is 5.73. The average Bonchev–Trinajstić information content (AvgIpc) is 3.60. The molecule has 3 aromatic rings. The summed E-state index contributed by atoms with van der Waals surface area (Å²) in [6.45, 7) is 0.462. The van der Waals surface area contributed by atoms with Gasteiger partial charge in [-0.1, -0.05) is 24.3 Å². The number of hydrogen-bond donors (Lipinski definition) is 3. The van der Waals surface area contributed by atoms with Gasteiger partial charge in [-0.15, -0.1) is 0 Å². The van der Waals surface area contributed by atoms with Gasteiger partial charge in [0.1, 0.15) is 24.0 Å². The molecule has 0 radical (unpaired) electrons. The minimum atomic E-state index is -4.88. The Morgan fingerprint density at radius 3 is 2.49 bits per heavy atom. The van der Waals surface area contributed by atoms with E-state index in [1.54, 1.807) is 18.2 Å². The first-order valence-electron chi connectivity index (χ1n) is 12.9. The summed E-state index contributed by atoms with van der Waals surface area (Å²) in [5.41, 5.74) is 2.78. The Labute approximate surface area is 220 Å². The highest BCUT2D eigenvalue weighted by molar-refractivity contribution is 5.82. The van der Waals surface area contributed by atoms with Crippen LogP contribution in [0.15, 0.2) is 36.4 Å². The molecule has 0 spiro atoms. The van der Waals surface area contributed by atoms with E-state index in [0.29, 0.717) is 48.2 Å². The molecule has 0 bridgehead atoms. The third kappa shape index (κ3) is 5.20. The zero-order valence-corrected chi connectivity index (χ0v) is 20.7. The number of aliphatic hydroxyl groups is 1. The Morgan fingerprint density at radius 2 is 1.77 bits per heavy atom. The van der Waals surface area contributed by atoms with Crippen LogP contribution in [0.1, 0.15) is 37.2 Å². The Morgan fingerprint density at radius 1 is 1.05 bits per heavy atom. The number of nitrogens with zero attached hydrogens (tertiary/aromatic N) is 1. The number of pyridine rings is 1. The summed E-state index contributed by atoms with van der Waals surface area (Å²) < 4.78 is 69.7. The number of rotatable bonds is 5. The third-order valence-electron chi connectivity index (χ3n) is 7.77. The number of carbonyl (C=O) groups is 1. The molecule has 8 nitrogen and oxygen atoms in total. The van der Waals surface area contributed by atoms with E-state index in [0.717, 1.165) is 5.56 Å². The molecule has 3 fully saturated rings. The molecule has 6 rings (SSSR count). The van der Waals surface area contributed by atoms with Crippen LogP contribution in [0.5, 0.6) is 5.88 Å². The lowest BCUT2D eigenvalue weighted by molar-refractivity contribution is -0.174. The minimum Gasteiger partial charge on any atom is -0.470 e. The topological polar surface area (TPSA) is 106 Å². The lowest BCUT2D eigenvalue weighted by atomic mass is 9.81. The molecule has 39 heavy (non-hydrogen) atoms. The highest BCUT2D eigenvalue weighted by Gasteiger charge is 2.48. The van der Waals surface area contributed by atoms with Crippen LogP contribution in [0.3, 0.4) is 0 Å². The number of benzene rings is 1. The normalized spacial score (nSPS) is 28.9. The Kier molecular flexibility index (Phi) is 6.72. The number of aromatic nitrogens is 2. The van der Waals surface area contributed by atoms with Crippen molar-refractivity contribution < 1.29 is 41.7 Å². The van der Waals surface area contributed by atoms with Gasteiger partial charge in [0, 0.05) is 23.7 Å². The first-order chi connectivity index (χ1) is 18.7. The van der Waals surface area contributed by atoms with Gasteiger partial charge < -0.3 is 29.6 Å². The maximum absolute atomic E-state index is 15.0. The molecular weight excluding hydrogens is 522 g/mol. The lowest BCUT2D eigenvalue weighted by Crippen LogP contribution is -2.44. The van der Waals surface area contributed by atoms with Crippen molar-refractivity contribution in [1.82, 2.24) is 15.3 Å². The van der Waals surface area contributed by atoms with Crippen LogP contribution in [0.2, 0.25) is 0 Å². The molecule has 2 aromatic heterocycles. The van der Waals surface area contributed by atoms with Gasteiger partial charge in [0.25, 0.3) is 0 Å². The lowest BCUT2D eigenvalue weighted by Gasteiger charge is -2.29. The highest BCUT2D eigenvalue weighted by Crippen LogP contribution is 2.35. The van der Waals surface area contributed by atoms with Crippen molar-refractivity contribution in [2.24, 2.45) is 0 Å². The van der Waals surface area contributed by atoms with Gasteiger partial charge in [-0.05, 0) is 37.2 Å². The molecule has 208 valence electrons. The van der Waals surface area contributed by atoms with Crippen LogP contribution in [0.4, 0.5) is 17.6 Å². The molecule has 3 N–H and O–H groups in total. The number of aromatic amines is 1. The number of hydrogen-bond acceptors (Lipinski definition) is 6. The number of fused-ring (bicyclic) bond motifs is 2. The maximum atomic E-state index is 15.0. The number of nitrogens with one attached hydrogen (secondary N) is 2. The van der Waals surface area contributed by atoms with Crippen molar-refractivity contribution in [2.75, 3.05) is 13.2 Å². The van der Waals surface area contributed by atoms with Crippen molar-refractivity contribution in [2.45, 2.75) is 68.2 Å². The zero-order valence-electron chi connectivity index (χ0n) is 20.7. The molecule has 0 unspecified atom stereocenters. The van der Waals surface area contributed by atoms with E-state index in [1.165, 1.54) is 6.07 Å². The molecule has 3 aliphatic rings. The van der Waals surface area contributed by atoms with E-state index in [4.69, 9.17) is 14.2 Å². The number of H-pyrrole nitrogens is 1. The van der Waals surface area contributed by atoms with E-state index >= 15 is 4.39 Å². The van der Waals surface area contributed by atoms with Crippen molar-refractivity contribution in [3.05, 3.63) is 47.8 Å². The van der Waals surface area contributed by atoms with Crippen LogP contribution in [0.25, 0.3) is 22.3 Å². The Bertz CT molecular complexity index is 1350. The molecule has 4 atom stereocenters. The van der Waals surface area contributed by atoms with Crippen LogP contribution in [0, 0.1) is 5.82 Å². The molecule has 1 aliphatic carbocycles. The summed E-state index contributed by atoms with van der Waals surface area (Å²) >= 11 is 0. The third-order valence-corrected chi connectivity index (χ3v) is 7.77. The SMILES string of the molecule is O=C(N[C@H]1CC[C@H](c2ccc(-c3nc4cc(O[C@@H]5CO[C@H]6[C@@H]5OC[C@H]6O)[nH]c4cc3F)cc2)CC1)C(F)(F)F. The van der Waals surface area contributed by atoms with Crippen molar-refractivity contribution >= 4 is 16.9 Å². The van der Waals surface area contributed by atoms with E-state index in [-0.39, 0.29) is 30.9 Å². The van der Waals surface area contributed by atoms with Gasteiger partial charge in [0.15, 0.2) is 17.8 Å². The van der Waals surface area contributed by atoms with Crippen molar-refractivity contribution in [3.63, 3.8) is 0 Å². The van der Waals surface area contributed by atoms with Gasteiger partial charge in [0.05, 0.1) is 24.2 Å². The number of amides is 1. The monoisotopic (exact) mass is 549 g/mol. The van der Waals surface area contributed by atoms with Gasteiger partial charge in [0.2, 0.25) is 0 Å². The first-order valence-corrected chi connectivity index (χ1v) is 12.9. The van der Waals surface area contributed by atoms with Gasteiger partial charge in [-0.3, -0.25) is 4.79 Å². The number of alkyl halides is 3. The fourth-order valence-corrected chi connectivity index (χ4v) is 5.73. The largest absolute Gasteiger partial charge is 0.471 e. The number of halogens is 4. The van der Waals surface area contributed by atoms with Crippen LogP contribution in [-0.4, -0.2) is 70.8 Å². The summed E-state index contributed by atoms with van der Waals surface area (Å²) in [7, 11) is 0. The first kappa shape index (κ1) is 26.0. The van der Waals surface area contributed by atoms with Crippen LogP contribution >= 0.6 is 0 Å². The highest BCUT2D eigenvalue weighted by atomic mass is 19.4. The van der Waals surface area contributed by atoms with Crippen LogP contribution in [-0.2, 0) is 14.3 Å². The summed E-state index contributed by atoms with van der Waals surface area (Å²) in [4.78, 5) is 18.7.